The van der Waals surface area contributed by atoms with Crippen molar-refractivity contribution in [2.24, 2.45) is 10.9 Å². The van der Waals surface area contributed by atoms with E-state index < -0.39 is 0 Å². The molecule has 3 rings (SSSR count). The van der Waals surface area contributed by atoms with Crippen molar-refractivity contribution in [3.63, 3.8) is 0 Å². The van der Waals surface area contributed by atoms with Gasteiger partial charge in [-0.2, -0.15) is 5.26 Å². The van der Waals surface area contributed by atoms with Gasteiger partial charge in [-0.3, -0.25) is 20.6 Å². The summed E-state index contributed by atoms with van der Waals surface area (Å²) in [4.78, 5) is 18.3. The number of aryl methyl sites for hydroxylation is 1. The van der Waals surface area contributed by atoms with Gasteiger partial charge in [-0.15, -0.1) is 11.3 Å². The summed E-state index contributed by atoms with van der Waals surface area (Å²) in [6.45, 7) is 0. The smallest absolute Gasteiger partial charge is 0.248 e. The number of amides is 1. The fourth-order valence-electron chi connectivity index (χ4n) is 3.08. The number of anilines is 1. The van der Waals surface area contributed by atoms with E-state index in [4.69, 9.17) is 20.8 Å². The van der Waals surface area contributed by atoms with Crippen molar-refractivity contribution in [2.45, 2.75) is 18.8 Å². The molecule has 8 heteroatoms. The number of carbonyl (C=O) groups is 1. The van der Waals surface area contributed by atoms with E-state index in [9.17, 15) is 4.79 Å². The van der Waals surface area contributed by atoms with Crippen LogP contribution < -0.4 is 5.32 Å². The van der Waals surface area contributed by atoms with E-state index in [1.807, 2.05) is 42.5 Å². The molecule has 2 aromatic rings. The van der Waals surface area contributed by atoms with Crippen LogP contribution in [0.15, 0.2) is 65.8 Å². The number of hydrogen-bond acceptors (Lipinski definition) is 7. The Morgan fingerprint density at radius 3 is 2.81 bits per heavy atom. The SMILES string of the molecule is N#Cc1ccc(C2C=CN=CC2/C=C/C(=O)Nc2ccc(CCC(=N)OC=N)cc2)s1. The molecule has 0 aliphatic carbocycles. The van der Waals surface area contributed by atoms with Crippen LogP contribution in [0, 0.1) is 28.1 Å². The average molecular weight is 432 g/mol. The van der Waals surface area contributed by atoms with Crippen LogP contribution in [-0.4, -0.2) is 24.4 Å². The van der Waals surface area contributed by atoms with Crippen LogP contribution in [0.3, 0.4) is 0 Å². The molecule has 2 unspecified atom stereocenters. The topological polar surface area (TPSA) is 122 Å². The molecule has 0 spiro atoms. The van der Waals surface area contributed by atoms with Crippen molar-refractivity contribution in [1.29, 1.82) is 16.1 Å². The van der Waals surface area contributed by atoms with Crippen LogP contribution >= 0.6 is 11.3 Å². The maximum Gasteiger partial charge on any atom is 0.248 e. The largest absolute Gasteiger partial charge is 0.433 e. The van der Waals surface area contributed by atoms with Gasteiger partial charge in [0.05, 0.1) is 0 Å². The maximum absolute atomic E-state index is 12.4. The standard InChI is InChI=1S/C23H21N5O2S/c24-13-19-7-8-21(31-19)20-11-12-27-14-17(20)4-10-23(29)28-18-5-1-16(2-6-18)3-9-22(26)30-15-25/h1-2,4-8,10-12,14-15,17,20,25-26H,3,9H2,(H,28,29)/b10-4+,25-15?,26-22?. The number of carbonyl (C=O) groups excluding carboxylic acids is 1. The monoisotopic (exact) mass is 431 g/mol. The first-order valence-corrected chi connectivity index (χ1v) is 10.4. The molecule has 2 heterocycles. The Morgan fingerprint density at radius 2 is 2.10 bits per heavy atom. The highest BCUT2D eigenvalue weighted by molar-refractivity contribution is 7.12. The second-order valence-electron chi connectivity index (χ2n) is 6.76. The van der Waals surface area contributed by atoms with Crippen LogP contribution in [0.1, 0.15) is 27.7 Å². The van der Waals surface area contributed by atoms with E-state index in [2.05, 4.69) is 16.4 Å². The number of thiophene rings is 1. The van der Waals surface area contributed by atoms with E-state index in [0.717, 1.165) is 16.8 Å². The zero-order valence-corrected chi connectivity index (χ0v) is 17.4. The second kappa shape index (κ2) is 10.8. The van der Waals surface area contributed by atoms with Crippen LogP contribution in [0.25, 0.3) is 0 Å². The summed E-state index contributed by atoms with van der Waals surface area (Å²) in [5.41, 5.74) is 1.68. The average Bonchev–Trinajstić information content (AvgIpc) is 3.27. The Bertz CT molecular complexity index is 1080. The lowest BCUT2D eigenvalue weighted by Gasteiger charge is -2.19. The Balaban J connectivity index is 1.56. The number of benzene rings is 1. The van der Waals surface area contributed by atoms with Crippen molar-refractivity contribution in [3.8, 4) is 6.07 Å². The molecule has 7 nitrogen and oxygen atoms in total. The number of nitriles is 1. The van der Waals surface area contributed by atoms with Gasteiger partial charge in [0.2, 0.25) is 5.91 Å². The summed E-state index contributed by atoms with van der Waals surface area (Å²) in [6.07, 6.45) is 10.6. The minimum absolute atomic E-state index is 0.0447. The van der Waals surface area contributed by atoms with Crippen molar-refractivity contribution in [3.05, 3.63) is 76.1 Å². The summed E-state index contributed by atoms with van der Waals surface area (Å²) in [7, 11) is 0. The molecule has 31 heavy (non-hydrogen) atoms. The number of nitrogens with zero attached hydrogens (tertiary/aromatic N) is 2. The van der Waals surface area contributed by atoms with Gasteiger partial charge in [-0.05, 0) is 42.3 Å². The molecule has 0 saturated heterocycles. The lowest BCUT2D eigenvalue weighted by atomic mass is 9.90. The van der Waals surface area contributed by atoms with Gasteiger partial charge in [0, 0.05) is 41.2 Å². The summed E-state index contributed by atoms with van der Waals surface area (Å²) in [5.74, 6) is -0.215. The summed E-state index contributed by atoms with van der Waals surface area (Å²) >= 11 is 1.45. The zero-order valence-electron chi connectivity index (χ0n) is 16.6. The Morgan fingerprint density at radius 1 is 1.29 bits per heavy atom. The first-order chi connectivity index (χ1) is 15.1. The quantitative estimate of drug-likeness (QED) is 0.320. The van der Waals surface area contributed by atoms with Gasteiger partial charge >= 0.3 is 0 Å². The van der Waals surface area contributed by atoms with E-state index >= 15 is 0 Å². The minimum atomic E-state index is -0.237. The molecular weight excluding hydrogens is 410 g/mol. The molecule has 1 aromatic heterocycles. The molecule has 0 bridgehead atoms. The fraction of sp³-hybridized carbons (Fsp3) is 0.174. The first-order valence-electron chi connectivity index (χ1n) is 9.60. The second-order valence-corrected chi connectivity index (χ2v) is 7.88. The lowest BCUT2D eigenvalue weighted by molar-refractivity contribution is -0.111. The van der Waals surface area contributed by atoms with E-state index in [-0.39, 0.29) is 23.6 Å². The van der Waals surface area contributed by atoms with Gasteiger partial charge in [0.25, 0.3) is 0 Å². The molecule has 1 amide bonds. The predicted molar refractivity (Wildman–Crippen MR) is 123 cm³/mol. The molecule has 0 fully saturated rings. The van der Waals surface area contributed by atoms with Gasteiger partial charge in [-0.25, -0.2) is 0 Å². The third-order valence-corrected chi connectivity index (χ3v) is 5.74. The Hall–Kier alpha value is -3.83. The van der Waals surface area contributed by atoms with Crippen molar-refractivity contribution < 1.29 is 9.53 Å². The highest BCUT2D eigenvalue weighted by Gasteiger charge is 2.21. The summed E-state index contributed by atoms with van der Waals surface area (Å²) < 4.78 is 4.69. The van der Waals surface area contributed by atoms with Crippen LogP contribution in [0.4, 0.5) is 5.69 Å². The Labute approximate surface area is 184 Å². The fourth-order valence-corrected chi connectivity index (χ4v) is 4.03. The molecule has 156 valence electrons. The molecule has 2 atom stereocenters. The van der Waals surface area contributed by atoms with E-state index in [1.54, 1.807) is 18.5 Å². The van der Waals surface area contributed by atoms with Gasteiger partial charge in [-0.1, -0.05) is 24.3 Å². The highest BCUT2D eigenvalue weighted by atomic mass is 32.1. The maximum atomic E-state index is 12.4. The number of ether oxygens (including phenoxy) is 1. The molecular formula is C23H21N5O2S. The molecule has 1 aliphatic rings. The number of nitrogens with one attached hydrogen (secondary N) is 3. The summed E-state index contributed by atoms with van der Waals surface area (Å²) in [6, 6.07) is 13.3. The van der Waals surface area contributed by atoms with Crippen molar-refractivity contribution in [1.82, 2.24) is 0 Å². The number of allylic oxidation sites excluding steroid dienone is 2. The molecule has 0 saturated carbocycles. The number of hydrogen-bond donors (Lipinski definition) is 3. The van der Waals surface area contributed by atoms with Crippen LogP contribution in [-0.2, 0) is 16.0 Å². The minimum Gasteiger partial charge on any atom is -0.433 e. The van der Waals surface area contributed by atoms with E-state index in [1.165, 1.54) is 17.4 Å². The molecule has 1 aliphatic heterocycles. The molecule has 0 radical (unpaired) electrons. The molecule has 1 aromatic carbocycles. The third-order valence-electron chi connectivity index (χ3n) is 4.65. The Kier molecular flexibility index (Phi) is 7.62. The van der Waals surface area contributed by atoms with Gasteiger partial charge in [0.1, 0.15) is 10.9 Å². The first kappa shape index (κ1) is 21.9. The van der Waals surface area contributed by atoms with Crippen LogP contribution in [0.2, 0.25) is 0 Å². The van der Waals surface area contributed by atoms with Gasteiger partial charge < -0.3 is 10.1 Å². The lowest BCUT2D eigenvalue weighted by Crippen LogP contribution is -2.14. The van der Waals surface area contributed by atoms with Crippen LogP contribution in [0.5, 0.6) is 0 Å². The summed E-state index contributed by atoms with van der Waals surface area (Å²) in [5, 5.41) is 26.2. The highest BCUT2D eigenvalue weighted by Crippen LogP contribution is 2.33. The number of rotatable bonds is 8. The molecule has 3 N–H and O–H groups in total. The third kappa shape index (κ3) is 6.32. The van der Waals surface area contributed by atoms with Gasteiger partial charge in [0.15, 0.2) is 12.3 Å². The van der Waals surface area contributed by atoms with Crippen molar-refractivity contribution in [2.75, 3.05) is 5.32 Å². The number of aliphatic imine (C=N–C) groups is 1. The van der Waals surface area contributed by atoms with E-state index in [0.29, 0.717) is 23.4 Å². The zero-order chi connectivity index (χ0) is 22.1. The van der Waals surface area contributed by atoms with Crippen molar-refractivity contribution >= 4 is 41.4 Å². The predicted octanol–water partition coefficient (Wildman–Crippen LogP) is 4.65. The normalized spacial score (nSPS) is 17.3.